The molecule has 0 heterocycles. The zero-order valence-corrected chi connectivity index (χ0v) is 24.4. The van der Waals surface area contributed by atoms with Crippen LogP contribution >= 0.6 is 0 Å². The van der Waals surface area contributed by atoms with Gasteiger partial charge < -0.3 is 0 Å². The summed E-state index contributed by atoms with van der Waals surface area (Å²) in [5.41, 5.74) is 3.40. The average Bonchev–Trinajstić information content (AvgIpc) is 3.08. The van der Waals surface area contributed by atoms with Crippen LogP contribution in [0.2, 0.25) is 3.12 Å². The molecule has 0 bridgehead atoms. The van der Waals surface area contributed by atoms with E-state index in [1.165, 1.54) is 77.8 Å². The first-order valence-electron chi connectivity index (χ1n) is 13.1. The predicted molar refractivity (Wildman–Crippen MR) is 132 cm³/mol. The van der Waals surface area contributed by atoms with Crippen molar-refractivity contribution in [1.29, 1.82) is 0 Å². The Labute approximate surface area is 195 Å². The third kappa shape index (κ3) is 5.08. The summed E-state index contributed by atoms with van der Waals surface area (Å²) in [6, 6.07) is 0. The van der Waals surface area contributed by atoms with Crippen molar-refractivity contribution < 1.29 is 21.1 Å². The number of allylic oxidation sites excluding steroid dienone is 4. The van der Waals surface area contributed by atoms with Crippen LogP contribution in [0.4, 0.5) is 0 Å². The van der Waals surface area contributed by atoms with E-state index in [1.807, 2.05) is 0 Å². The van der Waals surface area contributed by atoms with E-state index < -0.39 is 21.1 Å². The maximum absolute atomic E-state index is 3.32. The van der Waals surface area contributed by atoms with Gasteiger partial charge in [0.1, 0.15) is 0 Å². The second kappa shape index (κ2) is 13.7. The monoisotopic (exact) mass is 497 g/mol. The number of nitrogens with zero attached hydrogens (tertiary/aromatic N) is 3. The molecule has 4 heteroatoms. The molecule has 1 aliphatic carbocycles. The van der Waals surface area contributed by atoms with Gasteiger partial charge in [0.05, 0.1) is 0 Å². The fourth-order valence-corrected chi connectivity index (χ4v) is 23.9. The minimum absolute atomic E-state index is 0.258. The molecule has 0 spiro atoms. The van der Waals surface area contributed by atoms with Gasteiger partial charge in [0.15, 0.2) is 0 Å². The van der Waals surface area contributed by atoms with Gasteiger partial charge in [0.25, 0.3) is 0 Å². The summed E-state index contributed by atoms with van der Waals surface area (Å²) in [5.74, 6) is 0. The van der Waals surface area contributed by atoms with Crippen LogP contribution in [-0.4, -0.2) is 47.8 Å². The summed E-state index contributed by atoms with van der Waals surface area (Å²) in [6.07, 6.45) is 13.0. The normalized spacial score (nSPS) is 19.9. The summed E-state index contributed by atoms with van der Waals surface area (Å²) in [5, 5.41) is 0. The third-order valence-electron chi connectivity index (χ3n) is 7.28. The van der Waals surface area contributed by atoms with E-state index in [0.29, 0.717) is 0 Å². The van der Waals surface area contributed by atoms with Gasteiger partial charge in [-0.15, -0.1) is 0 Å². The molecular weight excluding hydrogens is 446 g/mol. The Kier molecular flexibility index (Phi) is 12.9. The van der Waals surface area contributed by atoms with Gasteiger partial charge in [-0.2, -0.15) is 0 Å². The third-order valence-corrected chi connectivity index (χ3v) is 23.1. The van der Waals surface area contributed by atoms with Gasteiger partial charge in [0, 0.05) is 0 Å². The van der Waals surface area contributed by atoms with E-state index in [4.69, 9.17) is 0 Å². The zero-order valence-electron chi connectivity index (χ0n) is 22.0. The molecule has 0 aromatic carbocycles. The average molecular weight is 499 g/mol. The second-order valence-corrected chi connectivity index (χ2v) is 18.7. The van der Waals surface area contributed by atoms with Gasteiger partial charge in [0.2, 0.25) is 0 Å². The van der Waals surface area contributed by atoms with Crippen LogP contribution in [0.15, 0.2) is 23.3 Å². The van der Waals surface area contributed by atoms with Crippen LogP contribution in [0.25, 0.3) is 0 Å². The second-order valence-electron chi connectivity index (χ2n) is 8.76. The molecule has 1 aliphatic rings. The molecule has 30 heavy (non-hydrogen) atoms. The molecule has 1 rings (SSSR count). The van der Waals surface area contributed by atoms with E-state index in [2.05, 4.69) is 83.0 Å². The molecule has 0 saturated heterocycles. The van der Waals surface area contributed by atoms with E-state index in [0.717, 1.165) is 0 Å². The van der Waals surface area contributed by atoms with Crippen molar-refractivity contribution in [3.8, 4) is 0 Å². The molecule has 0 aromatic heterocycles. The van der Waals surface area contributed by atoms with Crippen molar-refractivity contribution in [1.82, 2.24) is 8.53 Å². The minimum atomic E-state index is -3.32. The summed E-state index contributed by atoms with van der Waals surface area (Å²) < 4.78 is 9.26. The Hall–Kier alpha value is 0.243. The molecule has 0 saturated carbocycles. The SMILES string of the molecule is CCCC1=C[C](CCC)([Zr]([N](CC)CC)([N](CC)CC)[N](CC)CC)C(CCC)=C1. The van der Waals surface area contributed by atoms with Crippen LogP contribution in [-0.2, 0) is 21.1 Å². The number of hydrogen-bond donors (Lipinski definition) is 0. The Morgan fingerprint density at radius 2 is 1.07 bits per heavy atom. The van der Waals surface area contributed by atoms with Gasteiger partial charge >= 0.3 is 196 Å². The van der Waals surface area contributed by atoms with Gasteiger partial charge in [-0.25, -0.2) is 0 Å². The molecule has 176 valence electrons. The van der Waals surface area contributed by atoms with Crippen LogP contribution in [0.1, 0.15) is 101 Å². The molecule has 1 atom stereocenters. The van der Waals surface area contributed by atoms with Crippen molar-refractivity contribution in [3.05, 3.63) is 23.3 Å². The van der Waals surface area contributed by atoms with Gasteiger partial charge in [-0.05, 0) is 0 Å². The first-order chi connectivity index (χ1) is 14.5. The van der Waals surface area contributed by atoms with Crippen LogP contribution in [0, 0.1) is 0 Å². The van der Waals surface area contributed by atoms with Gasteiger partial charge in [-0.1, -0.05) is 0 Å². The molecule has 0 aliphatic heterocycles. The molecule has 3 nitrogen and oxygen atoms in total. The summed E-state index contributed by atoms with van der Waals surface area (Å²) >= 11 is -3.32. The van der Waals surface area contributed by atoms with E-state index in [1.54, 1.807) is 11.1 Å². The van der Waals surface area contributed by atoms with E-state index in [-0.39, 0.29) is 3.12 Å². The molecule has 1 unspecified atom stereocenters. The van der Waals surface area contributed by atoms with Crippen LogP contribution in [0.5, 0.6) is 0 Å². The molecule has 0 N–H and O–H groups in total. The van der Waals surface area contributed by atoms with Crippen molar-refractivity contribution in [2.24, 2.45) is 0 Å². The first kappa shape index (κ1) is 28.3. The van der Waals surface area contributed by atoms with Crippen LogP contribution in [0.3, 0.4) is 0 Å². The predicted octanol–water partition coefficient (Wildman–Crippen LogP) is 7.34. The van der Waals surface area contributed by atoms with Crippen LogP contribution < -0.4 is 0 Å². The molecule has 0 amide bonds. The Morgan fingerprint density at radius 1 is 0.633 bits per heavy atom. The van der Waals surface area contributed by atoms with Crippen molar-refractivity contribution >= 4 is 0 Å². The number of rotatable bonds is 16. The zero-order chi connectivity index (χ0) is 22.8. The van der Waals surface area contributed by atoms with Crippen molar-refractivity contribution in [2.45, 2.75) is 104 Å². The van der Waals surface area contributed by atoms with E-state index in [9.17, 15) is 0 Å². The molecule has 0 radical (unpaired) electrons. The molecule has 0 fully saturated rings. The summed E-state index contributed by atoms with van der Waals surface area (Å²) in [4.78, 5) is 0. The maximum atomic E-state index is 3.00. The topological polar surface area (TPSA) is 9.72 Å². The van der Waals surface area contributed by atoms with E-state index >= 15 is 0 Å². The Morgan fingerprint density at radius 3 is 1.40 bits per heavy atom. The Balaban J connectivity index is 4.04. The number of hydrogen-bond acceptors (Lipinski definition) is 3. The summed E-state index contributed by atoms with van der Waals surface area (Å²) in [6.45, 7) is 28.6. The molecular formula is C26H53N3Zr. The fraction of sp³-hybridized carbons (Fsp3) is 0.846. The standard InChI is InChI=1S/C14H23.3C4H10N.Zr/c1-4-7-12-10-13(8-5-2)14(11-12)9-6-3;3*1-3-5-4-2;/h10-11H,4-9H2,1-3H3;3*3-4H2,1-2H3;/q;3*-1;+3. The summed E-state index contributed by atoms with van der Waals surface area (Å²) in [7, 11) is 0. The van der Waals surface area contributed by atoms with Crippen molar-refractivity contribution in [3.63, 3.8) is 0 Å². The van der Waals surface area contributed by atoms with Crippen molar-refractivity contribution in [2.75, 3.05) is 39.3 Å². The fourth-order valence-electron chi connectivity index (χ4n) is 6.35. The molecule has 0 aromatic rings. The van der Waals surface area contributed by atoms with Gasteiger partial charge in [-0.3, -0.25) is 0 Å². The quantitative estimate of drug-likeness (QED) is 0.220. The first-order valence-corrected chi connectivity index (χ1v) is 17.7. The Bertz CT molecular complexity index is 513.